The first-order chi connectivity index (χ1) is 15.1. The first-order valence-electron chi connectivity index (χ1n) is 9.28. The lowest BCUT2D eigenvalue weighted by Gasteiger charge is -2.28. The molecule has 166 valence electrons. The molecule has 1 amide bonds. The van der Waals surface area contributed by atoms with Crippen LogP contribution in [0.4, 0.5) is 11.4 Å². The molecule has 0 aliphatic heterocycles. The number of amides is 1. The van der Waals surface area contributed by atoms with Gasteiger partial charge in [0.2, 0.25) is 9.70 Å². The molecule has 0 aliphatic rings. The number of rotatable bonds is 6. The second-order valence-electron chi connectivity index (χ2n) is 6.76. The molecule has 0 heterocycles. The normalized spacial score (nSPS) is 12.1. The minimum Gasteiger partial charge on any atom is -0.339 e. The third kappa shape index (κ3) is 6.43. The largest absolute Gasteiger partial charge is 0.339 e. The Hall–Kier alpha value is -2.65. The number of carbonyl (C=O) groups is 1. The topological polar surface area (TPSA) is 96.3 Å². The van der Waals surface area contributed by atoms with Crippen LogP contribution in [0, 0.1) is 10.1 Å². The number of benzene rings is 3. The summed E-state index contributed by atoms with van der Waals surface area (Å²) in [7, 11) is 0. The van der Waals surface area contributed by atoms with E-state index in [1.165, 1.54) is 24.3 Å². The number of nitro groups is 1. The molecule has 3 aromatic carbocycles. The zero-order chi connectivity index (χ0) is 23.3. The number of nitrogens with one attached hydrogen (secondary N) is 3. The van der Waals surface area contributed by atoms with Gasteiger partial charge in [0.05, 0.1) is 11.3 Å². The Morgan fingerprint density at radius 1 is 1.00 bits per heavy atom. The summed E-state index contributed by atoms with van der Waals surface area (Å²) in [6.07, 6.45) is -1.06. The molecule has 0 fully saturated rings. The Bertz CT molecular complexity index is 1150. The number of carbonyl (C=O) groups excluding carboxylic acids is 1. The lowest BCUT2D eigenvalue weighted by atomic mass is 10.0. The fourth-order valence-electron chi connectivity index (χ4n) is 3.00. The monoisotopic (exact) mass is 510 g/mol. The average molecular weight is 512 g/mol. The molecule has 11 heteroatoms. The van der Waals surface area contributed by atoms with E-state index in [4.69, 9.17) is 47.0 Å². The van der Waals surface area contributed by atoms with Crippen molar-refractivity contribution in [3.05, 3.63) is 82.4 Å². The third-order valence-electron chi connectivity index (χ3n) is 4.48. The fraction of sp³-hybridized carbons (Fsp3) is 0.143. The molecule has 0 radical (unpaired) electrons. The smallest absolute Gasteiger partial charge is 0.269 e. The van der Waals surface area contributed by atoms with Gasteiger partial charge in [-0.3, -0.25) is 14.9 Å². The van der Waals surface area contributed by atoms with Gasteiger partial charge in [-0.1, -0.05) is 77.3 Å². The van der Waals surface area contributed by atoms with Crippen molar-refractivity contribution < 1.29 is 9.72 Å². The van der Waals surface area contributed by atoms with Gasteiger partial charge in [-0.2, -0.15) is 0 Å². The summed E-state index contributed by atoms with van der Waals surface area (Å²) in [6.45, 7) is 0. The summed E-state index contributed by atoms with van der Waals surface area (Å²) in [5.74, 6) is -0.372. The Labute approximate surface area is 204 Å². The van der Waals surface area contributed by atoms with E-state index in [2.05, 4.69) is 16.0 Å². The highest BCUT2D eigenvalue weighted by Gasteiger charge is 2.34. The van der Waals surface area contributed by atoms with E-state index < -0.39 is 14.9 Å². The molecule has 1 atom stereocenters. The number of anilines is 1. The van der Waals surface area contributed by atoms with Crippen LogP contribution in [0.15, 0.2) is 66.7 Å². The van der Waals surface area contributed by atoms with Gasteiger partial charge in [-0.15, -0.1) is 0 Å². The fourth-order valence-corrected chi connectivity index (χ4v) is 3.56. The lowest BCUT2D eigenvalue weighted by Crippen LogP contribution is -2.56. The van der Waals surface area contributed by atoms with E-state index >= 15 is 0 Å². The van der Waals surface area contributed by atoms with Crippen LogP contribution in [0.2, 0.25) is 0 Å². The maximum absolute atomic E-state index is 12.7. The Balaban J connectivity index is 1.66. The highest BCUT2D eigenvalue weighted by molar-refractivity contribution is 7.80. The van der Waals surface area contributed by atoms with Crippen LogP contribution in [0.5, 0.6) is 0 Å². The van der Waals surface area contributed by atoms with Crippen molar-refractivity contribution in [1.82, 2.24) is 10.6 Å². The molecule has 0 aromatic heterocycles. The molecule has 3 aromatic rings. The van der Waals surface area contributed by atoms with E-state index in [9.17, 15) is 14.9 Å². The number of non-ortho nitro benzene ring substituents is 1. The number of halogens is 3. The first kappa shape index (κ1) is 24.0. The molecule has 0 saturated heterocycles. The van der Waals surface area contributed by atoms with E-state index in [1.54, 1.807) is 0 Å². The average Bonchev–Trinajstić information content (AvgIpc) is 2.73. The second-order valence-corrected chi connectivity index (χ2v) is 9.54. The van der Waals surface area contributed by atoms with Crippen LogP contribution in [-0.2, 0) is 11.2 Å². The van der Waals surface area contributed by atoms with Crippen molar-refractivity contribution in [3.63, 3.8) is 0 Å². The van der Waals surface area contributed by atoms with Crippen molar-refractivity contribution in [2.24, 2.45) is 0 Å². The van der Waals surface area contributed by atoms with Gasteiger partial charge < -0.3 is 16.0 Å². The SMILES string of the molecule is O=C(Cc1cccc2ccccc12)NC(NC(=S)Nc1ccc([N+](=O)[O-])cc1)C(Cl)(Cl)Cl. The molecule has 0 aliphatic carbocycles. The Kier molecular flexibility index (Phi) is 7.73. The van der Waals surface area contributed by atoms with Crippen LogP contribution in [0.3, 0.4) is 0 Å². The molecule has 0 saturated carbocycles. The van der Waals surface area contributed by atoms with Crippen molar-refractivity contribution in [2.75, 3.05) is 5.32 Å². The number of nitrogens with zero attached hydrogens (tertiary/aromatic N) is 1. The van der Waals surface area contributed by atoms with Crippen LogP contribution >= 0.6 is 47.0 Å². The third-order valence-corrected chi connectivity index (χ3v) is 5.35. The highest BCUT2D eigenvalue weighted by Crippen LogP contribution is 2.29. The minimum absolute atomic E-state index is 0.0561. The number of nitro benzene ring substituents is 1. The van der Waals surface area contributed by atoms with Crippen LogP contribution in [-0.4, -0.2) is 25.9 Å². The lowest BCUT2D eigenvalue weighted by molar-refractivity contribution is -0.384. The second kappa shape index (κ2) is 10.3. The molecule has 1 unspecified atom stereocenters. The van der Waals surface area contributed by atoms with Crippen molar-refractivity contribution >= 4 is 80.2 Å². The first-order valence-corrected chi connectivity index (χ1v) is 10.8. The molecule has 32 heavy (non-hydrogen) atoms. The standard InChI is InChI=1S/C21H17Cl3N4O3S/c22-21(23,24)19(27-20(32)25-15-8-10-16(11-9-15)28(30)31)26-18(29)12-14-6-3-5-13-4-1-2-7-17(13)14/h1-11,19H,12H2,(H,26,29)(H2,25,27,32). The summed E-state index contributed by atoms with van der Waals surface area (Å²) in [5.41, 5.74) is 1.25. The van der Waals surface area contributed by atoms with E-state index in [0.717, 1.165) is 16.3 Å². The van der Waals surface area contributed by atoms with Crippen LogP contribution in [0.1, 0.15) is 5.56 Å². The number of thiocarbonyl (C=S) groups is 1. The highest BCUT2D eigenvalue weighted by atomic mass is 35.6. The zero-order valence-corrected chi connectivity index (χ0v) is 19.4. The quantitative estimate of drug-likeness (QED) is 0.140. The number of hydrogen-bond acceptors (Lipinski definition) is 4. The number of hydrogen-bond donors (Lipinski definition) is 3. The zero-order valence-electron chi connectivity index (χ0n) is 16.3. The Morgan fingerprint density at radius 2 is 1.66 bits per heavy atom. The van der Waals surface area contributed by atoms with Gasteiger partial charge in [-0.25, -0.2) is 0 Å². The molecular weight excluding hydrogens is 495 g/mol. The van der Waals surface area contributed by atoms with Gasteiger partial charge >= 0.3 is 0 Å². The van der Waals surface area contributed by atoms with Gasteiger partial charge in [0.1, 0.15) is 6.17 Å². The Morgan fingerprint density at radius 3 is 2.31 bits per heavy atom. The maximum Gasteiger partial charge on any atom is 0.269 e. The van der Waals surface area contributed by atoms with Gasteiger partial charge in [0, 0.05) is 17.8 Å². The van der Waals surface area contributed by atoms with E-state index in [1.807, 2.05) is 42.5 Å². The molecule has 7 nitrogen and oxygen atoms in total. The molecule has 3 rings (SSSR count). The minimum atomic E-state index is -1.91. The molecule has 3 N–H and O–H groups in total. The van der Waals surface area contributed by atoms with Crippen molar-refractivity contribution in [2.45, 2.75) is 16.4 Å². The van der Waals surface area contributed by atoms with Crippen molar-refractivity contribution in [1.29, 1.82) is 0 Å². The maximum atomic E-state index is 12.7. The van der Waals surface area contributed by atoms with Crippen molar-refractivity contribution in [3.8, 4) is 0 Å². The van der Waals surface area contributed by atoms with Crippen LogP contribution in [0.25, 0.3) is 10.8 Å². The van der Waals surface area contributed by atoms with Gasteiger partial charge in [0.15, 0.2) is 5.11 Å². The molecular formula is C21H17Cl3N4O3S. The summed E-state index contributed by atoms with van der Waals surface area (Å²) < 4.78 is -1.91. The summed E-state index contributed by atoms with van der Waals surface area (Å²) >= 11 is 23.3. The number of fused-ring (bicyclic) bond motifs is 1. The van der Waals surface area contributed by atoms with Gasteiger partial charge in [-0.05, 0) is 40.7 Å². The predicted molar refractivity (Wildman–Crippen MR) is 132 cm³/mol. The molecule has 0 bridgehead atoms. The van der Waals surface area contributed by atoms with Gasteiger partial charge in [0.25, 0.3) is 5.69 Å². The number of alkyl halides is 3. The summed E-state index contributed by atoms with van der Waals surface area (Å²) in [4.78, 5) is 22.9. The summed E-state index contributed by atoms with van der Waals surface area (Å²) in [5, 5.41) is 21.0. The van der Waals surface area contributed by atoms with E-state index in [0.29, 0.717) is 5.69 Å². The molecule has 0 spiro atoms. The van der Waals surface area contributed by atoms with Crippen LogP contribution < -0.4 is 16.0 Å². The predicted octanol–water partition coefficient (Wildman–Crippen LogP) is 5.09. The summed E-state index contributed by atoms with van der Waals surface area (Å²) in [6, 6.07) is 19.0. The van der Waals surface area contributed by atoms with E-state index in [-0.39, 0.29) is 23.1 Å².